The number of carbonyl (C=O) groups is 1. The summed E-state index contributed by atoms with van der Waals surface area (Å²) >= 11 is 0. The van der Waals surface area contributed by atoms with Crippen LogP contribution in [0.5, 0.6) is 0 Å². The average molecular weight is 385 g/mol. The van der Waals surface area contributed by atoms with Crippen LogP contribution in [0.25, 0.3) is 0 Å². The number of allylic oxidation sites excluding steroid dienone is 2. The standard InChI is InChI=1S/C27H44O/c1-18(2)7-6-8-19(3)23-11-12-24-22-10-9-20-17-21(28)13-15-26(20,4)25(22)14-16-27(23,24)5/h9,18-19,22-25H,6-8,10-17H2,1-5H3/t19?,22-,23-,24+,25+,26-,27-/m1/s1. The summed E-state index contributed by atoms with van der Waals surface area (Å²) in [5.41, 5.74) is 2.43. The van der Waals surface area contributed by atoms with Crippen LogP contribution in [0.3, 0.4) is 0 Å². The molecular formula is C27H44O. The molecule has 0 aliphatic heterocycles. The highest BCUT2D eigenvalue weighted by molar-refractivity contribution is 5.82. The van der Waals surface area contributed by atoms with E-state index in [9.17, 15) is 4.79 Å². The molecule has 4 aliphatic carbocycles. The predicted molar refractivity (Wildman–Crippen MR) is 118 cm³/mol. The van der Waals surface area contributed by atoms with Gasteiger partial charge < -0.3 is 0 Å². The van der Waals surface area contributed by atoms with Crippen LogP contribution >= 0.6 is 0 Å². The molecule has 0 radical (unpaired) electrons. The summed E-state index contributed by atoms with van der Waals surface area (Å²) in [7, 11) is 0. The summed E-state index contributed by atoms with van der Waals surface area (Å²) in [6.45, 7) is 12.5. The Morgan fingerprint density at radius 2 is 1.82 bits per heavy atom. The van der Waals surface area contributed by atoms with Gasteiger partial charge in [-0.2, -0.15) is 0 Å². The molecule has 3 fully saturated rings. The van der Waals surface area contributed by atoms with Gasteiger partial charge in [-0.3, -0.25) is 4.79 Å². The van der Waals surface area contributed by atoms with Crippen LogP contribution in [0.2, 0.25) is 0 Å². The molecule has 0 heterocycles. The highest BCUT2D eigenvalue weighted by Crippen LogP contribution is 2.67. The van der Waals surface area contributed by atoms with Crippen molar-refractivity contribution < 1.29 is 4.79 Å². The van der Waals surface area contributed by atoms with Crippen molar-refractivity contribution in [2.75, 3.05) is 0 Å². The molecule has 1 nitrogen and oxygen atoms in total. The first-order valence-corrected chi connectivity index (χ1v) is 12.5. The van der Waals surface area contributed by atoms with Crippen molar-refractivity contribution in [1.82, 2.24) is 0 Å². The van der Waals surface area contributed by atoms with Gasteiger partial charge in [-0.15, -0.1) is 0 Å². The molecule has 4 rings (SSSR count). The molecule has 0 aromatic carbocycles. The zero-order valence-corrected chi connectivity index (χ0v) is 19.2. The number of fused-ring (bicyclic) bond motifs is 5. The van der Waals surface area contributed by atoms with Crippen molar-refractivity contribution in [3.8, 4) is 0 Å². The molecule has 4 aliphatic rings. The third kappa shape index (κ3) is 3.33. The van der Waals surface area contributed by atoms with Crippen LogP contribution in [0, 0.1) is 46.3 Å². The second kappa shape index (κ2) is 7.59. The number of hydrogen-bond donors (Lipinski definition) is 0. The van der Waals surface area contributed by atoms with E-state index in [-0.39, 0.29) is 0 Å². The van der Waals surface area contributed by atoms with E-state index >= 15 is 0 Å². The SMILES string of the molecule is CC(C)CCCC(C)[C@H]1CC[C@H]2[C@H]3CC=C4CC(=O)CC[C@@]4(C)[C@H]3CC[C@]12C. The molecule has 0 N–H and O–H groups in total. The molecule has 1 heteroatoms. The molecule has 0 amide bonds. The number of rotatable bonds is 5. The van der Waals surface area contributed by atoms with Gasteiger partial charge in [0.05, 0.1) is 0 Å². The normalized spacial score (nSPS) is 43.9. The van der Waals surface area contributed by atoms with Crippen molar-refractivity contribution in [3.63, 3.8) is 0 Å². The quantitative estimate of drug-likeness (QED) is 0.446. The minimum Gasteiger partial charge on any atom is -0.299 e. The summed E-state index contributed by atoms with van der Waals surface area (Å²) in [5, 5.41) is 0. The van der Waals surface area contributed by atoms with Crippen LogP contribution in [0.15, 0.2) is 11.6 Å². The predicted octanol–water partition coefficient (Wildman–Crippen LogP) is 7.60. The second-order valence-corrected chi connectivity index (χ2v) is 12.0. The Morgan fingerprint density at radius 3 is 2.57 bits per heavy atom. The van der Waals surface area contributed by atoms with E-state index in [4.69, 9.17) is 0 Å². The fraction of sp³-hybridized carbons (Fsp3) is 0.889. The fourth-order valence-corrected chi connectivity index (χ4v) is 8.50. The van der Waals surface area contributed by atoms with Crippen molar-refractivity contribution >= 4 is 5.78 Å². The van der Waals surface area contributed by atoms with Crippen molar-refractivity contribution in [1.29, 1.82) is 0 Å². The maximum absolute atomic E-state index is 12.1. The lowest BCUT2D eigenvalue weighted by Gasteiger charge is -2.58. The van der Waals surface area contributed by atoms with Gasteiger partial charge in [-0.05, 0) is 84.9 Å². The average Bonchev–Trinajstić information content (AvgIpc) is 2.99. The largest absolute Gasteiger partial charge is 0.299 e. The summed E-state index contributed by atoms with van der Waals surface area (Å²) in [6.07, 6.45) is 16.5. The molecule has 0 saturated heterocycles. The molecule has 0 aromatic heterocycles. The maximum Gasteiger partial charge on any atom is 0.136 e. The van der Waals surface area contributed by atoms with Gasteiger partial charge in [-0.1, -0.05) is 65.5 Å². The smallest absolute Gasteiger partial charge is 0.136 e. The van der Waals surface area contributed by atoms with E-state index in [1.54, 1.807) is 0 Å². The third-order valence-electron chi connectivity index (χ3n) is 10.1. The van der Waals surface area contributed by atoms with Gasteiger partial charge in [-0.25, -0.2) is 0 Å². The number of ketones is 1. The third-order valence-corrected chi connectivity index (χ3v) is 10.1. The molecule has 0 spiro atoms. The van der Waals surface area contributed by atoms with Crippen LogP contribution in [0.1, 0.15) is 105 Å². The number of Topliss-reactive ketones (excluding diaryl/α,β-unsaturated/α-hetero) is 1. The zero-order chi connectivity index (χ0) is 20.1. The van der Waals surface area contributed by atoms with Gasteiger partial charge in [0.15, 0.2) is 0 Å². The van der Waals surface area contributed by atoms with Crippen LogP contribution < -0.4 is 0 Å². The lowest BCUT2D eigenvalue weighted by atomic mass is 9.47. The zero-order valence-electron chi connectivity index (χ0n) is 19.2. The molecule has 3 saturated carbocycles. The Balaban J connectivity index is 1.50. The van der Waals surface area contributed by atoms with Gasteiger partial charge >= 0.3 is 0 Å². The highest BCUT2D eigenvalue weighted by atomic mass is 16.1. The summed E-state index contributed by atoms with van der Waals surface area (Å²) in [4.78, 5) is 12.1. The first-order valence-electron chi connectivity index (χ1n) is 12.5. The van der Waals surface area contributed by atoms with Gasteiger partial charge in [0, 0.05) is 12.8 Å². The van der Waals surface area contributed by atoms with Gasteiger partial charge in [0.25, 0.3) is 0 Å². The Bertz CT molecular complexity index is 630. The minimum absolute atomic E-state index is 0.332. The number of carbonyl (C=O) groups excluding carboxylic acids is 1. The maximum atomic E-state index is 12.1. The molecule has 7 atom stereocenters. The van der Waals surface area contributed by atoms with E-state index in [0.29, 0.717) is 16.6 Å². The topological polar surface area (TPSA) is 17.1 Å². The molecule has 0 aromatic rings. The lowest BCUT2D eigenvalue weighted by molar-refractivity contribution is -0.122. The first kappa shape index (κ1) is 20.7. The van der Waals surface area contributed by atoms with Crippen LogP contribution in [-0.4, -0.2) is 5.78 Å². The Hall–Kier alpha value is -0.590. The number of hydrogen-bond acceptors (Lipinski definition) is 1. The van der Waals surface area contributed by atoms with Crippen molar-refractivity contribution in [2.45, 2.75) is 105 Å². The Labute approximate surface area is 174 Å². The van der Waals surface area contributed by atoms with E-state index in [0.717, 1.165) is 54.8 Å². The van der Waals surface area contributed by atoms with Gasteiger partial charge in [0.2, 0.25) is 0 Å². The van der Waals surface area contributed by atoms with Crippen molar-refractivity contribution in [2.24, 2.45) is 46.3 Å². The Morgan fingerprint density at radius 1 is 1.04 bits per heavy atom. The molecule has 0 bridgehead atoms. The molecular weight excluding hydrogens is 340 g/mol. The summed E-state index contributed by atoms with van der Waals surface area (Å²) < 4.78 is 0. The van der Waals surface area contributed by atoms with E-state index in [1.807, 2.05) is 0 Å². The van der Waals surface area contributed by atoms with Crippen molar-refractivity contribution in [3.05, 3.63) is 11.6 Å². The molecule has 1 unspecified atom stereocenters. The van der Waals surface area contributed by atoms with Gasteiger partial charge in [0.1, 0.15) is 5.78 Å². The van der Waals surface area contributed by atoms with E-state index < -0.39 is 0 Å². The Kier molecular flexibility index (Phi) is 5.60. The summed E-state index contributed by atoms with van der Waals surface area (Å²) in [6, 6.07) is 0. The van der Waals surface area contributed by atoms with E-state index in [1.165, 1.54) is 56.9 Å². The monoisotopic (exact) mass is 384 g/mol. The fourth-order valence-electron chi connectivity index (χ4n) is 8.50. The summed E-state index contributed by atoms with van der Waals surface area (Å²) in [5.74, 6) is 5.82. The lowest BCUT2D eigenvalue weighted by Crippen LogP contribution is -2.50. The van der Waals surface area contributed by atoms with Crippen LogP contribution in [0.4, 0.5) is 0 Å². The minimum atomic E-state index is 0.332. The highest BCUT2D eigenvalue weighted by Gasteiger charge is 2.59. The van der Waals surface area contributed by atoms with Crippen LogP contribution in [-0.2, 0) is 4.79 Å². The molecule has 28 heavy (non-hydrogen) atoms. The molecule has 158 valence electrons. The van der Waals surface area contributed by atoms with E-state index in [2.05, 4.69) is 40.7 Å². The second-order valence-electron chi connectivity index (χ2n) is 12.0. The first-order chi connectivity index (χ1) is 13.3.